The molecule has 0 fully saturated rings. The number of rotatable bonds is 7. The van der Waals surface area contributed by atoms with E-state index >= 15 is 0 Å². The molecule has 4 rings (SSSR count). The minimum absolute atomic E-state index is 0.0859. The van der Waals surface area contributed by atoms with Crippen LogP contribution in [0.2, 0.25) is 0 Å². The van der Waals surface area contributed by atoms with Crippen molar-refractivity contribution in [2.45, 2.75) is 31.8 Å². The molecular formula is C24H22FN3O3S. The van der Waals surface area contributed by atoms with Crippen molar-refractivity contribution >= 4 is 10.0 Å². The molecule has 0 bridgehead atoms. The lowest BCUT2D eigenvalue weighted by molar-refractivity contribution is 0.400. The summed E-state index contributed by atoms with van der Waals surface area (Å²) >= 11 is 0. The monoisotopic (exact) mass is 451 g/mol. The maximum absolute atomic E-state index is 13.8. The third kappa shape index (κ3) is 4.76. The van der Waals surface area contributed by atoms with Crippen molar-refractivity contribution in [3.8, 4) is 11.3 Å². The van der Waals surface area contributed by atoms with Crippen molar-refractivity contribution in [1.29, 1.82) is 0 Å². The number of halogens is 1. The molecule has 2 aromatic heterocycles. The summed E-state index contributed by atoms with van der Waals surface area (Å²) in [6, 6.07) is 16.3. The number of sulfonamides is 1. The van der Waals surface area contributed by atoms with E-state index in [2.05, 4.69) is 10.1 Å². The maximum atomic E-state index is 13.8. The van der Waals surface area contributed by atoms with Crippen molar-refractivity contribution in [2.75, 3.05) is 0 Å². The Kier molecular flexibility index (Phi) is 6.16. The fraction of sp³-hybridized carbons (Fsp3) is 0.167. The summed E-state index contributed by atoms with van der Waals surface area (Å²) in [5.74, 6) is 0.123. The van der Waals surface area contributed by atoms with Crippen LogP contribution in [0, 0.1) is 19.7 Å². The average molecular weight is 452 g/mol. The molecule has 0 N–H and O–H groups in total. The van der Waals surface area contributed by atoms with Crippen LogP contribution in [-0.2, 0) is 23.1 Å². The molecule has 0 aliphatic rings. The van der Waals surface area contributed by atoms with Gasteiger partial charge in [0, 0.05) is 37.1 Å². The molecule has 0 amide bonds. The summed E-state index contributed by atoms with van der Waals surface area (Å²) in [5, 5.41) is 3.89. The van der Waals surface area contributed by atoms with E-state index in [1.54, 1.807) is 68.7 Å². The molecule has 0 radical (unpaired) electrons. The minimum atomic E-state index is -3.91. The van der Waals surface area contributed by atoms with Gasteiger partial charge in [-0.2, -0.15) is 4.31 Å². The van der Waals surface area contributed by atoms with Gasteiger partial charge in [-0.15, -0.1) is 0 Å². The summed E-state index contributed by atoms with van der Waals surface area (Å²) in [7, 11) is -3.91. The molecule has 32 heavy (non-hydrogen) atoms. The van der Waals surface area contributed by atoms with Crippen LogP contribution >= 0.6 is 0 Å². The fourth-order valence-electron chi connectivity index (χ4n) is 3.38. The Morgan fingerprint density at radius 3 is 2.38 bits per heavy atom. The van der Waals surface area contributed by atoms with Gasteiger partial charge in [-0.25, -0.2) is 12.8 Å². The highest BCUT2D eigenvalue weighted by atomic mass is 32.2. The summed E-state index contributed by atoms with van der Waals surface area (Å²) in [5.41, 5.74) is 3.37. The molecule has 2 heterocycles. The Hall–Kier alpha value is -3.36. The second-order valence-electron chi connectivity index (χ2n) is 7.57. The molecule has 0 aliphatic heterocycles. The zero-order valence-electron chi connectivity index (χ0n) is 17.7. The van der Waals surface area contributed by atoms with Gasteiger partial charge in [-0.1, -0.05) is 35.5 Å². The normalized spacial score (nSPS) is 11.8. The van der Waals surface area contributed by atoms with Crippen LogP contribution in [0.1, 0.15) is 22.4 Å². The standard InChI is InChI=1S/C24H22FN3O3S/c1-17-5-8-21(23-12-18(2)27-31-23)13-24(17)32(29,30)28(16-20-4-3-11-26-14-20)15-19-6-9-22(25)10-7-19/h3-14H,15-16H2,1-2H3. The van der Waals surface area contributed by atoms with Gasteiger partial charge in [0.25, 0.3) is 0 Å². The van der Waals surface area contributed by atoms with Gasteiger partial charge < -0.3 is 4.52 Å². The molecule has 6 nitrogen and oxygen atoms in total. The van der Waals surface area contributed by atoms with Crippen LogP contribution in [0.3, 0.4) is 0 Å². The van der Waals surface area contributed by atoms with E-state index in [-0.39, 0.29) is 23.8 Å². The third-order valence-corrected chi connectivity index (χ3v) is 7.01. The summed E-state index contributed by atoms with van der Waals surface area (Å²) < 4.78 is 47.7. The lowest BCUT2D eigenvalue weighted by Gasteiger charge is -2.23. The van der Waals surface area contributed by atoms with Crippen LogP contribution in [0.25, 0.3) is 11.3 Å². The Bertz CT molecular complexity index is 1320. The first-order chi connectivity index (χ1) is 15.3. The summed E-state index contributed by atoms with van der Waals surface area (Å²) in [4.78, 5) is 4.27. The zero-order valence-corrected chi connectivity index (χ0v) is 18.5. The van der Waals surface area contributed by atoms with Crippen molar-refractivity contribution in [2.24, 2.45) is 0 Å². The number of hydrogen-bond acceptors (Lipinski definition) is 5. The highest BCUT2D eigenvalue weighted by Crippen LogP contribution is 2.29. The molecule has 4 aromatic rings. The van der Waals surface area contributed by atoms with Crippen molar-refractivity contribution in [1.82, 2.24) is 14.4 Å². The molecule has 0 saturated heterocycles. The van der Waals surface area contributed by atoms with Crippen LogP contribution in [0.15, 0.2) is 82.5 Å². The molecule has 2 aromatic carbocycles. The van der Waals surface area contributed by atoms with Crippen LogP contribution in [0.4, 0.5) is 4.39 Å². The Morgan fingerprint density at radius 2 is 1.72 bits per heavy atom. The molecule has 164 valence electrons. The lowest BCUT2D eigenvalue weighted by Crippen LogP contribution is -2.31. The van der Waals surface area contributed by atoms with E-state index in [4.69, 9.17) is 4.52 Å². The van der Waals surface area contributed by atoms with Gasteiger partial charge in [0.2, 0.25) is 10.0 Å². The minimum Gasteiger partial charge on any atom is -0.356 e. The number of nitrogens with zero attached hydrogens (tertiary/aromatic N) is 3. The summed E-state index contributed by atoms with van der Waals surface area (Å²) in [6.07, 6.45) is 3.27. The van der Waals surface area contributed by atoms with E-state index in [0.717, 1.165) is 5.56 Å². The van der Waals surface area contributed by atoms with Gasteiger partial charge in [-0.05, 0) is 54.8 Å². The highest BCUT2D eigenvalue weighted by Gasteiger charge is 2.27. The quantitative estimate of drug-likeness (QED) is 0.400. The predicted octanol–water partition coefficient (Wildman–Crippen LogP) is 4.88. The number of benzene rings is 2. The topological polar surface area (TPSA) is 76.3 Å². The van der Waals surface area contributed by atoms with E-state index in [1.165, 1.54) is 16.4 Å². The Morgan fingerprint density at radius 1 is 0.969 bits per heavy atom. The number of pyridine rings is 1. The molecular weight excluding hydrogens is 429 g/mol. The number of aromatic nitrogens is 2. The summed E-state index contributed by atoms with van der Waals surface area (Å²) in [6.45, 7) is 3.76. The van der Waals surface area contributed by atoms with Gasteiger partial charge in [0.15, 0.2) is 5.76 Å². The Labute approximate surface area is 186 Å². The Balaban J connectivity index is 1.75. The lowest BCUT2D eigenvalue weighted by atomic mass is 10.1. The molecule has 0 spiro atoms. The van der Waals surface area contributed by atoms with Gasteiger partial charge in [-0.3, -0.25) is 4.98 Å². The second kappa shape index (κ2) is 9.02. The number of aryl methyl sites for hydroxylation is 2. The van der Waals surface area contributed by atoms with Crippen molar-refractivity contribution in [3.63, 3.8) is 0 Å². The van der Waals surface area contributed by atoms with E-state index in [1.807, 2.05) is 6.07 Å². The van der Waals surface area contributed by atoms with Crippen molar-refractivity contribution < 1.29 is 17.3 Å². The van der Waals surface area contributed by atoms with E-state index < -0.39 is 10.0 Å². The average Bonchev–Trinajstić information content (AvgIpc) is 3.22. The van der Waals surface area contributed by atoms with E-state index in [9.17, 15) is 12.8 Å². The highest BCUT2D eigenvalue weighted by molar-refractivity contribution is 7.89. The van der Waals surface area contributed by atoms with Crippen LogP contribution in [0.5, 0.6) is 0 Å². The van der Waals surface area contributed by atoms with Gasteiger partial charge in [0.1, 0.15) is 5.82 Å². The van der Waals surface area contributed by atoms with Crippen LogP contribution in [-0.4, -0.2) is 22.9 Å². The zero-order chi connectivity index (χ0) is 22.7. The number of hydrogen-bond donors (Lipinski definition) is 0. The smallest absolute Gasteiger partial charge is 0.243 e. The maximum Gasteiger partial charge on any atom is 0.243 e. The SMILES string of the molecule is Cc1cc(-c2ccc(C)c(S(=O)(=O)N(Cc3ccc(F)cc3)Cc3cccnc3)c2)on1. The van der Waals surface area contributed by atoms with Gasteiger partial charge >= 0.3 is 0 Å². The molecule has 0 unspecified atom stereocenters. The molecule has 0 aliphatic carbocycles. The first-order valence-electron chi connectivity index (χ1n) is 10.0. The predicted molar refractivity (Wildman–Crippen MR) is 118 cm³/mol. The molecule has 8 heteroatoms. The second-order valence-corrected chi connectivity index (χ2v) is 9.48. The largest absolute Gasteiger partial charge is 0.356 e. The molecule has 0 atom stereocenters. The third-order valence-electron chi connectivity index (χ3n) is 5.07. The fourth-order valence-corrected chi connectivity index (χ4v) is 5.05. The molecule has 0 saturated carbocycles. The first-order valence-corrected chi connectivity index (χ1v) is 11.4. The van der Waals surface area contributed by atoms with Gasteiger partial charge in [0.05, 0.1) is 10.6 Å². The van der Waals surface area contributed by atoms with Crippen molar-refractivity contribution in [3.05, 3.63) is 101 Å². The van der Waals surface area contributed by atoms with Crippen LogP contribution < -0.4 is 0 Å². The first kappa shape index (κ1) is 21.9. The van der Waals surface area contributed by atoms with E-state index in [0.29, 0.717) is 28.1 Å².